The van der Waals surface area contributed by atoms with Crippen LogP contribution in [0.2, 0.25) is 6.82 Å². The Morgan fingerprint density at radius 2 is 2.18 bits per heavy atom. The van der Waals surface area contributed by atoms with Crippen LogP contribution in [0.15, 0.2) is 12.1 Å². The van der Waals surface area contributed by atoms with Crippen molar-refractivity contribution in [2.75, 3.05) is 0 Å². The molecule has 1 aromatic rings. The standard InChI is InChI=1S/C8H6BF2/c1-9-5-3-2-4-6(7(4)10)8(5)11/h2-3,7H,1H3. The zero-order valence-electron chi connectivity index (χ0n) is 6.07. The van der Waals surface area contributed by atoms with E-state index in [0.29, 0.717) is 11.0 Å². The van der Waals surface area contributed by atoms with E-state index in [2.05, 4.69) is 0 Å². The van der Waals surface area contributed by atoms with Crippen LogP contribution < -0.4 is 5.46 Å². The van der Waals surface area contributed by atoms with Crippen molar-refractivity contribution in [2.45, 2.75) is 13.0 Å². The molecule has 1 aliphatic carbocycles. The summed E-state index contributed by atoms with van der Waals surface area (Å²) in [6.07, 6.45) is -1.14. The molecule has 0 bridgehead atoms. The summed E-state index contributed by atoms with van der Waals surface area (Å²) in [6, 6.07) is 3.24. The van der Waals surface area contributed by atoms with E-state index in [9.17, 15) is 8.78 Å². The second-order valence-corrected chi connectivity index (χ2v) is 2.62. The van der Waals surface area contributed by atoms with Crippen molar-refractivity contribution < 1.29 is 8.78 Å². The third-order valence-corrected chi connectivity index (χ3v) is 2.00. The molecule has 0 saturated heterocycles. The maximum atomic E-state index is 13.0. The van der Waals surface area contributed by atoms with Crippen LogP contribution in [0, 0.1) is 5.82 Å². The van der Waals surface area contributed by atoms with Crippen molar-refractivity contribution in [3.63, 3.8) is 0 Å². The first-order valence-corrected chi connectivity index (χ1v) is 3.51. The fourth-order valence-corrected chi connectivity index (χ4v) is 1.25. The lowest BCUT2D eigenvalue weighted by Gasteiger charge is -1.93. The van der Waals surface area contributed by atoms with Crippen LogP contribution in [0.25, 0.3) is 0 Å². The summed E-state index contributed by atoms with van der Waals surface area (Å²) in [5, 5.41) is 0. The molecule has 0 heterocycles. The van der Waals surface area contributed by atoms with E-state index < -0.39 is 12.0 Å². The molecule has 1 unspecified atom stereocenters. The summed E-state index contributed by atoms with van der Waals surface area (Å²) < 4.78 is 25.7. The zero-order chi connectivity index (χ0) is 8.01. The Morgan fingerprint density at radius 1 is 1.45 bits per heavy atom. The quantitative estimate of drug-likeness (QED) is 0.534. The van der Waals surface area contributed by atoms with Crippen molar-refractivity contribution in [3.8, 4) is 0 Å². The normalized spacial score (nSPS) is 19.4. The SMILES string of the molecule is C[B]c1ccc2c(c1F)C2F. The van der Waals surface area contributed by atoms with E-state index in [-0.39, 0.29) is 5.56 Å². The van der Waals surface area contributed by atoms with Crippen molar-refractivity contribution in [3.05, 3.63) is 29.1 Å². The average Bonchev–Trinajstić information content (AvgIpc) is 2.64. The van der Waals surface area contributed by atoms with Crippen molar-refractivity contribution in [1.29, 1.82) is 0 Å². The Kier molecular flexibility index (Phi) is 1.28. The van der Waals surface area contributed by atoms with E-state index >= 15 is 0 Å². The van der Waals surface area contributed by atoms with Crippen LogP contribution in [-0.4, -0.2) is 7.28 Å². The topological polar surface area (TPSA) is 0 Å². The zero-order valence-corrected chi connectivity index (χ0v) is 6.07. The first-order valence-electron chi connectivity index (χ1n) is 3.51. The second-order valence-electron chi connectivity index (χ2n) is 2.62. The Bertz CT molecular complexity index is 305. The molecule has 0 aliphatic heterocycles. The number of rotatable bonds is 1. The monoisotopic (exact) mass is 151 g/mol. The Morgan fingerprint density at radius 3 is 2.82 bits per heavy atom. The highest BCUT2D eigenvalue weighted by Gasteiger charge is 2.36. The molecule has 2 rings (SSSR count). The summed E-state index contributed by atoms with van der Waals surface area (Å²) in [5.74, 6) is -0.391. The van der Waals surface area contributed by atoms with Gasteiger partial charge in [0, 0.05) is 5.56 Å². The molecule has 1 aromatic carbocycles. The largest absolute Gasteiger partial charge is 0.237 e. The van der Waals surface area contributed by atoms with Gasteiger partial charge >= 0.3 is 0 Å². The molecule has 55 valence electrons. The van der Waals surface area contributed by atoms with Gasteiger partial charge in [-0.3, -0.25) is 0 Å². The number of benzene rings is 1. The average molecular weight is 151 g/mol. The Balaban J connectivity index is 2.52. The lowest BCUT2D eigenvalue weighted by atomic mass is 9.73. The molecule has 11 heavy (non-hydrogen) atoms. The molecule has 0 aromatic heterocycles. The first-order chi connectivity index (χ1) is 5.25. The van der Waals surface area contributed by atoms with Crippen molar-refractivity contribution >= 4 is 12.7 Å². The van der Waals surface area contributed by atoms with Gasteiger partial charge < -0.3 is 0 Å². The number of fused-ring (bicyclic) bond motifs is 1. The molecular weight excluding hydrogens is 145 g/mol. The van der Waals surface area contributed by atoms with Gasteiger partial charge in [-0.2, -0.15) is 0 Å². The van der Waals surface area contributed by atoms with E-state index in [1.807, 2.05) is 0 Å². The molecule has 3 heteroatoms. The van der Waals surface area contributed by atoms with E-state index in [4.69, 9.17) is 0 Å². The summed E-state index contributed by atoms with van der Waals surface area (Å²) in [6.45, 7) is 1.74. The first kappa shape index (κ1) is 6.83. The van der Waals surface area contributed by atoms with Gasteiger partial charge in [0.2, 0.25) is 0 Å². The highest BCUT2D eigenvalue weighted by molar-refractivity contribution is 6.52. The van der Waals surface area contributed by atoms with E-state index in [1.165, 1.54) is 0 Å². The lowest BCUT2D eigenvalue weighted by Crippen LogP contribution is -2.14. The van der Waals surface area contributed by atoms with E-state index in [0.717, 1.165) is 0 Å². The molecule has 0 nitrogen and oxygen atoms in total. The van der Waals surface area contributed by atoms with Crippen LogP contribution >= 0.6 is 0 Å². The maximum absolute atomic E-state index is 13.0. The molecule has 0 amide bonds. The molecule has 1 atom stereocenters. The predicted molar refractivity (Wildman–Crippen MR) is 40.6 cm³/mol. The fraction of sp³-hybridized carbons (Fsp3) is 0.250. The minimum atomic E-state index is -1.14. The maximum Gasteiger partial charge on any atom is 0.154 e. The van der Waals surface area contributed by atoms with Crippen LogP contribution in [0.5, 0.6) is 0 Å². The molecule has 1 aliphatic rings. The highest BCUT2D eigenvalue weighted by atomic mass is 19.1. The molecule has 1 radical (unpaired) electrons. The summed E-state index contributed by atoms with van der Waals surface area (Å²) in [5.41, 5.74) is 1.25. The number of halogens is 2. The van der Waals surface area contributed by atoms with Crippen molar-refractivity contribution in [2.24, 2.45) is 0 Å². The van der Waals surface area contributed by atoms with Gasteiger partial charge in [-0.25, -0.2) is 8.78 Å². The smallest absolute Gasteiger partial charge is 0.154 e. The minimum absolute atomic E-state index is 0.251. The van der Waals surface area contributed by atoms with Gasteiger partial charge in [-0.05, 0) is 5.56 Å². The molecule has 0 spiro atoms. The number of hydrogen-bond donors (Lipinski definition) is 0. The minimum Gasteiger partial charge on any atom is -0.237 e. The number of alkyl halides is 1. The molecular formula is C8H6BF2. The Labute approximate surface area is 64.5 Å². The van der Waals surface area contributed by atoms with Gasteiger partial charge in [0.05, 0.1) is 0 Å². The van der Waals surface area contributed by atoms with Gasteiger partial charge in [0.25, 0.3) is 0 Å². The van der Waals surface area contributed by atoms with Crippen LogP contribution in [0.3, 0.4) is 0 Å². The summed E-state index contributed by atoms with van der Waals surface area (Å²) >= 11 is 0. The van der Waals surface area contributed by atoms with Gasteiger partial charge in [-0.1, -0.05) is 24.4 Å². The predicted octanol–water partition coefficient (Wildman–Crippen LogP) is 1.58. The van der Waals surface area contributed by atoms with Crippen LogP contribution in [0.1, 0.15) is 17.3 Å². The highest BCUT2D eigenvalue weighted by Crippen LogP contribution is 2.45. The second kappa shape index (κ2) is 2.06. The third kappa shape index (κ3) is 0.801. The van der Waals surface area contributed by atoms with Crippen LogP contribution in [-0.2, 0) is 0 Å². The van der Waals surface area contributed by atoms with Gasteiger partial charge in [0.15, 0.2) is 13.5 Å². The number of hydrogen-bond acceptors (Lipinski definition) is 0. The van der Waals surface area contributed by atoms with Gasteiger partial charge in [-0.15, -0.1) is 0 Å². The van der Waals surface area contributed by atoms with Crippen molar-refractivity contribution in [1.82, 2.24) is 0 Å². The molecule has 0 N–H and O–H groups in total. The van der Waals surface area contributed by atoms with E-state index in [1.54, 1.807) is 26.2 Å². The van der Waals surface area contributed by atoms with Gasteiger partial charge in [0.1, 0.15) is 5.82 Å². The summed E-state index contributed by atoms with van der Waals surface area (Å²) in [7, 11) is 1.64. The lowest BCUT2D eigenvalue weighted by molar-refractivity contribution is 0.459. The van der Waals surface area contributed by atoms with Crippen LogP contribution in [0.4, 0.5) is 8.78 Å². The summed E-state index contributed by atoms with van der Waals surface area (Å²) in [4.78, 5) is 0. The molecule has 0 fully saturated rings. The fourth-order valence-electron chi connectivity index (χ4n) is 1.25. The molecule has 0 saturated carbocycles. The Hall–Kier alpha value is -0.855. The third-order valence-electron chi connectivity index (χ3n) is 2.00.